The van der Waals surface area contributed by atoms with E-state index in [2.05, 4.69) is 66.0 Å². The number of phenols is 1. The summed E-state index contributed by atoms with van der Waals surface area (Å²) in [4.78, 5) is 0. The van der Waals surface area contributed by atoms with E-state index in [4.69, 9.17) is 4.74 Å². The topological polar surface area (TPSA) is 41.5 Å². The normalized spacial score (nSPS) is 16.3. The van der Waals surface area contributed by atoms with Crippen LogP contribution in [0.15, 0.2) is 78.9 Å². The molecule has 3 aromatic rings. The van der Waals surface area contributed by atoms with Gasteiger partial charge in [0.2, 0.25) is 0 Å². The van der Waals surface area contributed by atoms with E-state index in [0.29, 0.717) is 11.8 Å². The van der Waals surface area contributed by atoms with E-state index in [1.54, 1.807) is 13.2 Å². The van der Waals surface area contributed by atoms with Crippen LogP contribution in [0.25, 0.3) is 0 Å². The second kappa shape index (κ2) is 9.36. The Kier molecular flexibility index (Phi) is 6.39. The highest BCUT2D eigenvalue weighted by atomic mass is 16.5. The zero-order valence-electron chi connectivity index (χ0n) is 17.7. The Labute approximate surface area is 179 Å². The van der Waals surface area contributed by atoms with E-state index in [0.717, 1.165) is 44.2 Å². The van der Waals surface area contributed by atoms with Crippen LogP contribution in [0.5, 0.6) is 11.5 Å². The molecule has 0 saturated heterocycles. The molecule has 0 aromatic heterocycles. The lowest BCUT2D eigenvalue weighted by Crippen LogP contribution is -2.41. The van der Waals surface area contributed by atoms with Crippen LogP contribution in [0.3, 0.4) is 0 Å². The van der Waals surface area contributed by atoms with Crippen molar-refractivity contribution < 1.29 is 9.84 Å². The van der Waals surface area contributed by atoms with Crippen molar-refractivity contribution in [1.82, 2.24) is 5.32 Å². The zero-order valence-corrected chi connectivity index (χ0v) is 17.7. The third kappa shape index (κ3) is 4.36. The van der Waals surface area contributed by atoms with Crippen molar-refractivity contribution in [2.24, 2.45) is 0 Å². The molecule has 0 spiro atoms. The van der Waals surface area contributed by atoms with Crippen molar-refractivity contribution in [3.05, 3.63) is 95.6 Å². The number of benzene rings is 3. The molecule has 1 saturated carbocycles. The molecule has 30 heavy (non-hydrogen) atoms. The summed E-state index contributed by atoms with van der Waals surface area (Å²) in [5.74, 6) is 0.736. The molecule has 3 heteroatoms. The maximum atomic E-state index is 9.97. The molecule has 0 aliphatic heterocycles. The lowest BCUT2D eigenvalue weighted by Gasteiger charge is -2.41. The number of hydrogen-bond acceptors (Lipinski definition) is 3. The fourth-order valence-corrected chi connectivity index (χ4v) is 4.88. The predicted molar refractivity (Wildman–Crippen MR) is 122 cm³/mol. The molecule has 1 aliphatic rings. The van der Waals surface area contributed by atoms with Crippen molar-refractivity contribution in [3.63, 3.8) is 0 Å². The summed E-state index contributed by atoms with van der Waals surface area (Å²) in [6.07, 6.45) is 5.54. The summed E-state index contributed by atoms with van der Waals surface area (Å²) < 4.78 is 5.13. The SMILES string of the molecule is COc1ccc(CCNC2CCC(c3ccccc3)(c3ccccc3)CC2)cc1O. The Morgan fingerprint density at radius 2 is 1.50 bits per heavy atom. The maximum Gasteiger partial charge on any atom is 0.160 e. The first kappa shape index (κ1) is 20.5. The van der Waals surface area contributed by atoms with Crippen LogP contribution in [-0.4, -0.2) is 24.8 Å². The van der Waals surface area contributed by atoms with Crippen LogP contribution < -0.4 is 10.1 Å². The number of ether oxygens (including phenoxy) is 1. The first-order valence-corrected chi connectivity index (χ1v) is 10.9. The largest absolute Gasteiger partial charge is 0.504 e. The molecule has 1 fully saturated rings. The van der Waals surface area contributed by atoms with E-state index >= 15 is 0 Å². The molecule has 1 aliphatic carbocycles. The minimum absolute atomic E-state index is 0.114. The number of phenolic OH excluding ortho intramolecular Hbond substituents is 1. The van der Waals surface area contributed by atoms with E-state index in [9.17, 15) is 5.11 Å². The summed E-state index contributed by atoms with van der Waals surface area (Å²) in [5.41, 5.74) is 4.11. The van der Waals surface area contributed by atoms with Crippen LogP contribution in [-0.2, 0) is 11.8 Å². The van der Waals surface area contributed by atoms with Gasteiger partial charge in [-0.2, -0.15) is 0 Å². The van der Waals surface area contributed by atoms with Gasteiger partial charge in [-0.25, -0.2) is 0 Å². The summed E-state index contributed by atoms with van der Waals surface area (Å²) in [5, 5.41) is 13.7. The Hall–Kier alpha value is -2.78. The highest BCUT2D eigenvalue weighted by molar-refractivity contribution is 5.42. The average Bonchev–Trinajstić information content (AvgIpc) is 2.81. The molecule has 0 heterocycles. The van der Waals surface area contributed by atoms with Gasteiger partial charge in [-0.3, -0.25) is 0 Å². The molecule has 3 aromatic carbocycles. The fraction of sp³-hybridized carbons (Fsp3) is 0.333. The number of methoxy groups -OCH3 is 1. The zero-order chi connectivity index (χ0) is 20.8. The third-order valence-electron chi connectivity index (χ3n) is 6.58. The van der Waals surface area contributed by atoms with Gasteiger partial charge in [-0.1, -0.05) is 66.7 Å². The highest BCUT2D eigenvalue weighted by Gasteiger charge is 2.38. The Morgan fingerprint density at radius 1 is 0.900 bits per heavy atom. The summed E-state index contributed by atoms with van der Waals surface area (Å²) >= 11 is 0. The van der Waals surface area contributed by atoms with Gasteiger partial charge in [0, 0.05) is 11.5 Å². The average molecular weight is 402 g/mol. The lowest BCUT2D eigenvalue weighted by atomic mass is 9.64. The van der Waals surface area contributed by atoms with Gasteiger partial charge in [-0.15, -0.1) is 0 Å². The summed E-state index contributed by atoms with van der Waals surface area (Å²) in [7, 11) is 1.57. The predicted octanol–water partition coefficient (Wildman–Crippen LogP) is 5.46. The molecule has 0 unspecified atom stereocenters. The van der Waals surface area contributed by atoms with Crippen LogP contribution >= 0.6 is 0 Å². The Balaban J connectivity index is 1.38. The van der Waals surface area contributed by atoms with Gasteiger partial charge in [0.15, 0.2) is 11.5 Å². The molecular formula is C27H31NO2. The standard InChI is InChI=1S/C27H31NO2/c1-30-26-13-12-21(20-25(26)29)16-19-28-24-14-17-27(18-15-24,22-8-4-2-5-9-22)23-10-6-3-7-11-23/h2-13,20,24,28-29H,14-19H2,1H3. The van der Waals surface area contributed by atoms with Crippen molar-refractivity contribution in [2.75, 3.05) is 13.7 Å². The van der Waals surface area contributed by atoms with Crippen LogP contribution in [0.1, 0.15) is 42.4 Å². The van der Waals surface area contributed by atoms with Crippen LogP contribution in [0, 0.1) is 0 Å². The van der Waals surface area contributed by atoms with Gasteiger partial charge < -0.3 is 15.2 Å². The molecule has 0 amide bonds. The second-order valence-corrected chi connectivity index (χ2v) is 8.30. The Morgan fingerprint density at radius 3 is 2.03 bits per heavy atom. The molecule has 3 nitrogen and oxygen atoms in total. The second-order valence-electron chi connectivity index (χ2n) is 8.30. The summed E-state index contributed by atoms with van der Waals surface area (Å²) in [6, 6.07) is 28.2. The smallest absolute Gasteiger partial charge is 0.160 e. The lowest BCUT2D eigenvalue weighted by molar-refractivity contribution is 0.283. The minimum atomic E-state index is 0.114. The molecule has 156 valence electrons. The molecule has 0 atom stereocenters. The van der Waals surface area contributed by atoms with Gasteiger partial charge in [0.05, 0.1) is 7.11 Å². The monoisotopic (exact) mass is 401 g/mol. The van der Waals surface area contributed by atoms with Crippen LogP contribution in [0.4, 0.5) is 0 Å². The minimum Gasteiger partial charge on any atom is -0.504 e. The van der Waals surface area contributed by atoms with Crippen molar-refractivity contribution in [3.8, 4) is 11.5 Å². The van der Waals surface area contributed by atoms with E-state index < -0.39 is 0 Å². The number of nitrogens with one attached hydrogen (secondary N) is 1. The molecule has 4 rings (SSSR count). The van der Waals surface area contributed by atoms with Crippen molar-refractivity contribution in [1.29, 1.82) is 0 Å². The van der Waals surface area contributed by atoms with E-state index in [1.165, 1.54) is 11.1 Å². The summed E-state index contributed by atoms with van der Waals surface area (Å²) in [6.45, 7) is 0.917. The fourth-order valence-electron chi connectivity index (χ4n) is 4.88. The molecule has 0 radical (unpaired) electrons. The number of hydrogen-bond donors (Lipinski definition) is 2. The Bertz CT molecular complexity index is 890. The quantitative estimate of drug-likeness (QED) is 0.552. The first-order chi connectivity index (χ1) is 14.7. The van der Waals surface area contributed by atoms with Gasteiger partial charge in [0.1, 0.15) is 0 Å². The number of aromatic hydroxyl groups is 1. The van der Waals surface area contributed by atoms with Crippen LogP contribution in [0.2, 0.25) is 0 Å². The van der Waals surface area contributed by atoms with Gasteiger partial charge in [-0.05, 0) is 67.5 Å². The van der Waals surface area contributed by atoms with E-state index in [1.807, 2.05) is 12.1 Å². The number of rotatable bonds is 7. The van der Waals surface area contributed by atoms with Gasteiger partial charge >= 0.3 is 0 Å². The van der Waals surface area contributed by atoms with Gasteiger partial charge in [0.25, 0.3) is 0 Å². The third-order valence-corrected chi connectivity index (χ3v) is 6.58. The molecule has 0 bridgehead atoms. The molecular weight excluding hydrogens is 370 g/mol. The maximum absolute atomic E-state index is 9.97. The van der Waals surface area contributed by atoms with Crippen molar-refractivity contribution in [2.45, 2.75) is 43.6 Å². The highest BCUT2D eigenvalue weighted by Crippen LogP contribution is 2.44. The molecule has 2 N–H and O–H groups in total. The first-order valence-electron chi connectivity index (χ1n) is 10.9. The van der Waals surface area contributed by atoms with Crippen molar-refractivity contribution >= 4 is 0 Å². The van der Waals surface area contributed by atoms with E-state index in [-0.39, 0.29) is 11.2 Å².